The second kappa shape index (κ2) is 6.09. The Balaban J connectivity index is 1.96. The highest BCUT2D eigenvalue weighted by atomic mass is 32.2. The fourth-order valence-corrected chi connectivity index (χ4v) is 3.79. The normalized spacial score (nSPS) is 18.4. The second-order valence-corrected chi connectivity index (χ2v) is 6.35. The van der Waals surface area contributed by atoms with Crippen molar-refractivity contribution in [1.29, 1.82) is 0 Å². The molecule has 0 bridgehead atoms. The van der Waals surface area contributed by atoms with Gasteiger partial charge in [-0.2, -0.15) is 0 Å². The quantitative estimate of drug-likeness (QED) is 0.909. The van der Waals surface area contributed by atoms with Gasteiger partial charge in [0.05, 0.1) is 17.0 Å². The Morgan fingerprint density at radius 2 is 2.06 bits per heavy atom. The molecule has 1 aromatic heterocycles. The minimum absolute atomic E-state index is 0.169. The molecule has 1 aliphatic carbocycles. The highest BCUT2D eigenvalue weighted by Crippen LogP contribution is 2.23. The molecule has 0 amide bonds. The molecule has 0 saturated heterocycles. The van der Waals surface area contributed by atoms with Crippen molar-refractivity contribution in [2.24, 2.45) is 0 Å². The van der Waals surface area contributed by atoms with E-state index in [1.807, 2.05) is 0 Å². The molecule has 2 rings (SSSR count). The van der Waals surface area contributed by atoms with Gasteiger partial charge in [0, 0.05) is 22.2 Å². The van der Waals surface area contributed by atoms with Gasteiger partial charge >= 0.3 is 5.97 Å². The lowest BCUT2D eigenvalue weighted by molar-refractivity contribution is 0.0696. The van der Waals surface area contributed by atoms with Gasteiger partial charge < -0.3 is 5.11 Å². The van der Waals surface area contributed by atoms with Crippen LogP contribution in [0.5, 0.6) is 0 Å². The van der Waals surface area contributed by atoms with Crippen LogP contribution in [-0.2, 0) is 16.6 Å². The van der Waals surface area contributed by atoms with Crippen molar-refractivity contribution < 1.29 is 14.1 Å². The molecule has 0 radical (unpaired) electrons. The number of carbonyl (C=O) groups is 1. The number of pyridine rings is 1. The van der Waals surface area contributed by atoms with E-state index in [4.69, 9.17) is 5.11 Å². The van der Waals surface area contributed by atoms with Crippen molar-refractivity contribution in [3.63, 3.8) is 0 Å². The van der Waals surface area contributed by atoms with Gasteiger partial charge in [0.15, 0.2) is 0 Å². The van der Waals surface area contributed by atoms with Crippen LogP contribution in [0.3, 0.4) is 0 Å². The summed E-state index contributed by atoms with van der Waals surface area (Å²) in [5.74, 6) is -0.549. The van der Waals surface area contributed by atoms with Gasteiger partial charge in [0.25, 0.3) is 0 Å². The molecule has 1 atom stereocenters. The summed E-state index contributed by atoms with van der Waals surface area (Å²) in [5, 5.41) is 9.05. The number of hydrogen-bond donors (Lipinski definition) is 1. The number of aromatic nitrogens is 1. The molecule has 1 saturated carbocycles. The van der Waals surface area contributed by atoms with Crippen LogP contribution in [-0.4, -0.2) is 25.5 Å². The molecule has 4 nitrogen and oxygen atoms in total. The summed E-state index contributed by atoms with van der Waals surface area (Å²) in [6.07, 6.45) is 7.00. The van der Waals surface area contributed by atoms with Crippen LogP contribution in [0.2, 0.25) is 0 Å². The number of carboxylic acid groups (broad SMARTS) is 1. The number of rotatable bonds is 4. The van der Waals surface area contributed by atoms with Gasteiger partial charge in [-0.05, 0) is 25.0 Å². The van der Waals surface area contributed by atoms with Gasteiger partial charge in [-0.25, -0.2) is 4.79 Å². The molecule has 98 valence electrons. The summed E-state index contributed by atoms with van der Waals surface area (Å²) in [4.78, 5) is 14.7. The summed E-state index contributed by atoms with van der Waals surface area (Å²) in [6.45, 7) is 0. The third-order valence-electron chi connectivity index (χ3n) is 3.29. The Morgan fingerprint density at radius 3 is 2.61 bits per heavy atom. The van der Waals surface area contributed by atoms with Crippen molar-refractivity contribution in [3.8, 4) is 0 Å². The van der Waals surface area contributed by atoms with E-state index in [1.165, 1.54) is 31.5 Å². The van der Waals surface area contributed by atoms with E-state index < -0.39 is 16.8 Å². The van der Waals surface area contributed by atoms with E-state index >= 15 is 0 Å². The first-order chi connectivity index (χ1) is 8.66. The summed E-state index contributed by atoms with van der Waals surface area (Å²) in [7, 11) is -0.885. The highest BCUT2D eigenvalue weighted by Gasteiger charge is 2.20. The Kier molecular flexibility index (Phi) is 4.47. The van der Waals surface area contributed by atoms with E-state index in [0.29, 0.717) is 16.7 Å². The molecular weight excluding hydrogens is 250 g/mol. The average Bonchev–Trinajstić information content (AvgIpc) is 2.40. The molecule has 1 aromatic rings. The van der Waals surface area contributed by atoms with Gasteiger partial charge in [-0.15, -0.1) is 0 Å². The number of hydrogen-bond acceptors (Lipinski definition) is 3. The van der Waals surface area contributed by atoms with Crippen LogP contribution >= 0.6 is 0 Å². The Morgan fingerprint density at radius 1 is 1.33 bits per heavy atom. The lowest BCUT2D eigenvalue weighted by atomic mass is 10.0. The molecule has 18 heavy (non-hydrogen) atoms. The van der Waals surface area contributed by atoms with Gasteiger partial charge in [0.1, 0.15) is 0 Å². The first-order valence-corrected chi connectivity index (χ1v) is 7.60. The monoisotopic (exact) mass is 267 g/mol. The predicted octanol–water partition coefficient (Wildman–Crippen LogP) is 2.36. The van der Waals surface area contributed by atoms with Crippen LogP contribution in [0.4, 0.5) is 0 Å². The molecule has 0 spiro atoms. The first-order valence-electron chi connectivity index (χ1n) is 6.22. The fourth-order valence-electron chi connectivity index (χ4n) is 2.23. The molecule has 1 N–H and O–H groups in total. The van der Waals surface area contributed by atoms with Crippen molar-refractivity contribution in [2.75, 3.05) is 0 Å². The summed E-state index contributed by atoms with van der Waals surface area (Å²) >= 11 is 0. The minimum Gasteiger partial charge on any atom is -0.478 e. The SMILES string of the molecule is O=C(O)c1ccc(CS(=O)C2CCCCC2)nc1. The molecular formula is C13H17NO3S. The zero-order valence-corrected chi connectivity index (χ0v) is 11.0. The van der Waals surface area contributed by atoms with E-state index in [0.717, 1.165) is 12.8 Å². The smallest absolute Gasteiger partial charge is 0.337 e. The molecule has 1 unspecified atom stereocenters. The lowest BCUT2D eigenvalue weighted by Gasteiger charge is -2.20. The number of nitrogens with zero attached hydrogens (tertiary/aromatic N) is 1. The summed E-state index contributed by atoms with van der Waals surface area (Å²) in [6, 6.07) is 3.17. The minimum atomic E-state index is -0.984. The average molecular weight is 267 g/mol. The van der Waals surface area contributed by atoms with Crippen molar-refractivity contribution >= 4 is 16.8 Å². The fraction of sp³-hybridized carbons (Fsp3) is 0.538. The third-order valence-corrected chi connectivity index (χ3v) is 5.08. The largest absolute Gasteiger partial charge is 0.478 e. The topological polar surface area (TPSA) is 67.3 Å². The molecule has 0 aliphatic heterocycles. The van der Waals surface area contributed by atoms with E-state index in [1.54, 1.807) is 6.07 Å². The standard InChI is InChI=1S/C13H17NO3S/c15-13(16)10-6-7-11(14-8-10)9-18(17)12-4-2-1-3-5-12/h6-8,12H,1-5,9H2,(H,15,16). The Labute approximate surface area is 109 Å². The van der Waals surface area contributed by atoms with Crippen molar-refractivity contribution in [1.82, 2.24) is 4.98 Å². The lowest BCUT2D eigenvalue weighted by Crippen LogP contribution is -2.20. The maximum atomic E-state index is 12.1. The van der Waals surface area contributed by atoms with Crippen LogP contribution in [0.15, 0.2) is 18.3 Å². The van der Waals surface area contributed by atoms with Crippen LogP contribution < -0.4 is 0 Å². The number of carboxylic acids is 1. The van der Waals surface area contributed by atoms with Crippen LogP contribution in [0, 0.1) is 0 Å². The van der Waals surface area contributed by atoms with Crippen LogP contribution in [0.1, 0.15) is 48.2 Å². The highest BCUT2D eigenvalue weighted by molar-refractivity contribution is 7.84. The Bertz CT molecular complexity index is 438. The van der Waals surface area contributed by atoms with Crippen LogP contribution in [0.25, 0.3) is 0 Å². The summed E-state index contributed by atoms with van der Waals surface area (Å²) < 4.78 is 12.1. The van der Waals surface area contributed by atoms with Gasteiger partial charge in [0.2, 0.25) is 0 Å². The maximum absolute atomic E-state index is 12.1. The Hall–Kier alpha value is -1.23. The van der Waals surface area contributed by atoms with E-state index in [2.05, 4.69) is 4.98 Å². The van der Waals surface area contributed by atoms with Gasteiger partial charge in [-0.1, -0.05) is 19.3 Å². The van der Waals surface area contributed by atoms with Crippen molar-refractivity contribution in [2.45, 2.75) is 43.1 Å². The molecule has 1 fully saturated rings. The zero-order valence-electron chi connectivity index (χ0n) is 10.2. The molecule has 5 heteroatoms. The maximum Gasteiger partial charge on any atom is 0.337 e. The zero-order chi connectivity index (χ0) is 13.0. The molecule has 0 aromatic carbocycles. The molecule has 1 aliphatic rings. The third kappa shape index (κ3) is 3.38. The predicted molar refractivity (Wildman–Crippen MR) is 69.9 cm³/mol. The van der Waals surface area contributed by atoms with Gasteiger partial charge in [-0.3, -0.25) is 9.19 Å². The second-order valence-electron chi connectivity index (χ2n) is 4.63. The number of aromatic carboxylic acids is 1. The first kappa shape index (κ1) is 13.2. The summed E-state index contributed by atoms with van der Waals surface area (Å²) in [5.41, 5.74) is 0.881. The van der Waals surface area contributed by atoms with E-state index in [9.17, 15) is 9.00 Å². The molecule has 1 heterocycles. The van der Waals surface area contributed by atoms with E-state index in [-0.39, 0.29) is 5.56 Å². The van der Waals surface area contributed by atoms with Crippen molar-refractivity contribution in [3.05, 3.63) is 29.6 Å².